The number of benzene rings is 2. The maximum atomic E-state index is 13.0. The van der Waals surface area contributed by atoms with Crippen molar-refractivity contribution in [1.82, 2.24) is 4.90 Å². The van der Waals surface area contributed by atoms with Crippen LogP contribution < -0.4 is 10.2 Å². The van der Waals surface area contributed by atoms with E-state index in [-0.39, 0.29) is 5.91 Å². The molecule has 0 aliphatic carbocycles. The highest BCUT2D eigenvalue weighted by atomic mass is 32.2. The minimum Gasteiger partial charge on any atom is -0.451 e. The Hall–Kier alpha value is -2.44. The molecule has 0 atom stereocenters. The van der Waals surface area contributed by atoms with E-state index in [0.29, 0.717) is 5.76 Å². The highest BCUT2D eigenvalue weighted by molar-refractivity contribution is 7.97. The lowest BCUT2D eigenvalue weighted by atomic mass is 10.1. The highest BCUT2D eigenvalue weighted by Crippen LogP contribution is 2.30. The molecule has 3 aromatic rings. The van der Waals surface area contributed by atoms with Crippen molar-refractivity contribution in [3.8, 4) is 0 Å². The molecule has 4 rings (SSSR count). The number of thioether (sulfide) groups is 1. The summed E-state index contributed by atoms with van der Waals surface area (Å²) in [5.41, 5.74) is 4.79. The number of fused-ring (bicyclic) bond motifs is 1. The van der Waals surface area contributed by atoms with Gasteiger partial charge < -0.3 is 19.5 Å². The van der Waals surface area contributed by atoms with Gasteiger partial charge in [0.15, 0.2) is 5.76 Å². The number of carbonyl (C=O) groups excluding carboxylic acids is 1. The van der Waals surface area contributed by atoms with Gasteiger partial charge in [-0.15, -0.1) is 0 Å². The lowest BCUT2D eigenvalue weighted by Crippen LogP contribution is -2.44. The Morgan fingerprint density at radius 3 is 2.62 bits per heavy atom. The molecule has 2 heterocycles. The molecule has 0 unspecified atom stereocenters. The second kappa shape index (κ2) is 8.51. The molecule has 152 valence electrons. The van der Waals surface area contributed by atoms with Crippen LogP contribution in [0.4, 0.5) is 11.4 Å². The standard InChI is InChI=1S/C23H27N3O2S/c1-16-14-17(26-12-10-25(2)11-13-26)8-9-20(16)24-23(27)22-19(15-29-3)18-6-4-5-7-21(18)28-22/h4-9,14H,10-13,15H2,1-3H3,(H,24,27). The SMILES string of the molecule is CSCc1c(C(=O)Nc2ccc(N3CCN(C)CC3)cc2C)oc2ccccc12. The van der Waals surface area contributed by atoms with Crippen LogP contribution in [0.15, 0.2) is 46.9 Å². The summed E-state index contributed by atoms with van der Waals surface area (Å²) in [6.45, 7) is 6.23. The van der Waals surface area contributed by atoms with Crippen LogP contribution in [0.1, 0.15) is 21.7 Å². The monoisotopic (exact) mass is 409 g/mol. The molecule has 6 heteroatoms. The zero-order chi connectivity index (χ0) is 20.4. The first-order valence-corrected chi connectivity index (χ1v) is 11.3. The lowest BCUT2D eigenvalue weighted by molar-refractivity contribution is 0.0997. The van der Waals surface area contributed by atoms with Crippen LogP contribution in [0, 0.1) is 6.92 Å². The third-order valence-electron chi connectivity index (χ3n) is 5.52. The molecule has 1 saturated heterocycles. The number of likely N-dealkylation sites (N-methyl/N-ethyl adjacent to an activating group) is 1. The molecule has 29 heavy (non-hydrogen) atoms. The van der Waals surface area contributed by atoms with Gasteiger partial charge in [-0.05, 0) is 50.1 Å². The summed E-state index contributed by atoms with van der Waals surface area (Å²) in [7, 11) is 2.16. The number of furan rings is 1. The van der Waals surface area contributed by atoms with Crippen LogP contribution in [-0.2, 0) is 5.75 Å². The molecule has 2 aromatic carbocycles. The third kappa shape index (κ3) is 4.14. The molecule has 5 nitrogen and oxygen atoms in total. The van der Waals surface area contributed by atoms with Gasteiger partial charge in [0.05, 0.1) is 0 Å². The minimum absolute atomic E-state index is 0.194. The number of anilines is 2. The van der Waals surface area contributed by atoms with Crippen molar-refractivity contribution in [1.29, 1.82) is 0 Å². The predicted octanol–water partition coefficient (Wildman–Crippen LogP) is 4.61. The highest BCUT2D eigenvalue weighted by Gasteiger charge is 2.21. The molecule has 1 aliphatic rings. The fourth-order valence-corrected chi connectivity index (χ4v) is 4.37. The van der Waals surface area contributed by atoms with Gasteiger partial charge in [0, 0.05) is 54.3 Å². The van der Waals surface area contributed by atoms with E-state index in [0.717, 1.165) is 59.7 Å². The van der Waals surface area contributed by atoms with Crippen molar-refractivity contribution in [2.45, 2.75) is 12.7 Å². The topological polar surface area (TPSA) is 48.7 Å². The fraction of sp³-hybridized carbons (Fsp3) is 0.348. The molecule has 0 radical (unpaired) electrons. The summed E-state index contributed by atoms with van der Waals surface area (Å²) in [6.07, 6.45) is 2.03. The van der Waals surface area contributed by atoms with E-state index in [2.05, 4.69) is 34.3 Å². The first kappa shape index (κ1) is 19.9. The van der Waals surface area contributed by atoms with Gasteiger partial charge in [-0.3, -0.25) is 4.79 Å². The van der Waals surface area contributed by atoms with Gasteiger partial charge in [0.1, 0.15) is 5.58 Å². The van der Waals surface area contributed by atoms with E-state index in [1.807, 2.05) is 43.5 Å². The van der Waals surface area contributed by atoms with Crippen molar-refractivity contribution >= 4 is 40.0 Å². The number of carbonyl (C=O) groups is 1. The molecular weight excluding hydrogens is 382 g/mol. The van der Waals surface area contributed by atoms with Crippen molar-refractivity contribution in [2.75, 3.05) is 49.7 Å². The lowest BCUT2D eigenvalue weighted by Gasteiger charge is -2.34. The van der Waals surface area contributed by atoms with Crippen LogP contribution in [0.5, 0.6) is 0 Å². The Labute approximate surface area is 176 Å². The van der Waals surface area contributed by atoms with Gasteiger partial charge in [0.2, 0.25) is 0 Å². The number of hydrogen-bond donors (Lipinski definition) is 1. The number of hydrogen-bond acceptors (Lipinski definition) is 5. The summed E-state index contributed by atoms with van der Waals surface area (Å²) in [5.74, 6) is 0.949. The Bertz CT molecular complexity index is 1020. The van der Waals surface area contributed by atoms with Crippen LogP contribution >= 0.6 is 11.8 Å². The van der Waals surface area contributed by atoms with E-state index in [1.165, 1.54) is 5.69 Å². The molecule has 1 fully saturated rings. The average Bonchev–Trinajstić information content (AvgIpc) is 3.09. The van der Waals surface area contributed by atoms with Crippen molar-refractivity contribution in [2.24, 2.45) is 0 Å². The fourth-order valence-electron chi connectivity index (χ4n) is 3.80. The predicted molar refractivity (Wildman–Crippen MR) is 122 cm³/mol. The Balaban J connectivity index is 1.56. The maximum absolute atomic E-state index is 13.0. The zero-order valence-electron chi connectivity index (χ0n) is 17.2. The smallest absolute Gasteiger partial charge is 0.291 e. The second-order valence-electron chi connectivity index (χ2n) is 7.58. The van der Waals surface area contributed by atoms with Gasteiger partial charge >= 0.3 is 0 Å². The molecule has 0 spiro atoms. The van der Waals surface area contributed by atoms with E-state index < -0.39 is 0 Å². The Kier molecular flexibility index (Phi) is 5.83. The number of nitrogens with one attached hydrogen (secondary N) is 1. The van der Waals surface area contributed by atoms with E-state index in [9.17, 15) is 4.79 Å². The van der Waals surface area contributed by atoms with Gasteiger partial charge in [-0.1, -0.05) is 18.2 Å². The van der Waals surface area contributed by atoms with E-state index in [1.54, 1.807) is 11.8 Å². The van der Waals surface area contributed by atoms with Crippen LogP contribution in [0.25, 0.3) is 11.0 Å². The largest absolute Gasteiger partial charge is 0.451 e. The van der Waals surface area contributed by atoms with Gasteiger partial charge in [-0.2, -0.15) is 11.8 Å². The van der Waals surface area contributed by atoms with Gasteiger partial charge in [-0.25, -0.2) is 0 Å². The van der Waals surface area contributed by atoms with Crippen molar-refractivity contribution in [3.05, 3.63) is 59.4 Å². The number of nitrogens with zero attached hydrogens (tertiary/aromatic N) is 2. The van der Waals surface area contributed by atoms with Crippen LogP contribution in [0.2, 0.25) is 0 Å². The first-order valence-electron chi connectivity index (χ1n) is 9.91. The van der Waals surface area contributed by atoms with Gasteiger partial charge in [0.25, 0.3) is 5.91 Å². The molecule has 1 aromatic heterocycles. The summed E-state index contributed by atoms with van der Waals surface area (Å²) in [6, 6.07) is 14.1. The molecule has 0 saturated carbocycles. The Morgan fingerprint density at radius 2 is 1.90 bits per heavy atom. The summed E-state index contributed by atoms with van der Waals surface area (Å²) < 4.78 is 5.92. The minimum atomic E-state index is -0.194. The van der Waals surface area contributed by atoms with Crippen molar-refractivity contribution in [3.63, 3.8) is 0 Å². The average molecular weight is 410 g/mol. The summed E-state index contributed by atoms with van der Waals surface area (Å²) in [4.78, 5) is 17.8. The van der Waals surface area contributed by atoms with Crippen LogP contribution in [0.3, 0.4) is 0 Å². The maximum Gasteiger partial charge on any atom is 0.291 e. The number of para-hydroxylation sites is 1. The number of amides is 1. The summed E-state index contributed by atoms with van der Waals surface area (Å²) >= 11 is 1.68. The first-order chi connectivity index (χ1) is 14.1. The van der Waals surface area contributed by atoms with E-state index in [4.69, 9.17) is 4.42 Å². The second-order valence-corrected chi connectivity index (χ2v) is 8.45. The third-order valence-corrected chi connectivity index (χ3v) is 6.10. The number of aryl methyl sites for hydroxylation is 1. The molecule has 1 amide bonds. The zero-order valence-corrected chi connectivity index (χ0v) is 18.0. The normalized spacial score (nSPS) is 15.1. The molecule has 1 aliphatic heterocycles. The van der Waals surface area contributed by atoms with E-state index >= 15 is 0 Å². The number of rotatable bonds is 5. The van der Waals surface area contributed by atoms with Crippen LogP contribution in [-0.4, -0.2) is 50.3 Å². The summed E-state index contributed by atoms with van der Waals surface area (Å²) in [5, 5.41) is 4.06. The number of piperazine rings is 1. The Morgan fingerprint density at radius 1 is 1.14 bits per heavy atom. The molecule has 0 bridgehead atoms. The molecular formula is C23H27N3O2S. The van der Waals surface area contributed by atoms with Crippen molar-refractivity contribution < 1.29 is 9.21 Å². The molecule has 1 N–H and O–H groups in total. The quantitative estimate of drug-likeness (QED) is 0.667.